The van der Waals surface area contributed by atoms with Gasteiger partial charge in [-0.15, -0.1) is 0 Å². The molecule has 0 aromatic heterocycles. The van der Waals surface area contributed by atoms with Crippen molar-refractivity contribution < 1.29 is 0 Å². The van der Waals surface area contributed by atoms with Crippen LogP contribution in [0.15, 0.2) is 158 Å². The number of fused-ring (bicyclic) bond motifs is 11. The summed E-state index contributed by atoms with van der Waals surface area (Å²) in [5.41, 5.74) is 17.2. The highest BCUT2D eigenvalue weighted by Crippen LogP contribution is 2.50. The van der Waals surface area contributed by atoms with Crippen molar-refractivity contribution in [3.63, 3.8) is 0 Å². The van der Waals surface area contributed by atoms with Gasteiger partial charge in [0.25, 0.3) is 0 Å². The van der Waals surface area contributed by atoms with Crippen LogP contribution in [0.2, 0.25) is 0 Å². The molecule has 0 radical (unpaired) electrons. The summed E-state index contributed by atoms with van der Waals surface area (Å²) in [6, 6.07) is 62.6. The van der Waals surface area contributed by atoms with Crippen LogP contribution < -0.4 is 9.80 Å². The molecule has 2 heteroatoms. The van der Waals surface area contributed by atoms with Gasteiger partial charge in [0.15, 0.2) is 0 Å². The highest BCUT2D eigenvalue weighted by atomic mass is 15.1. The lowest BCUT2D eigenvalue weighted by Gasteiger charge is -2.34. The Balaban J connectivity index is 1.30. The van der Waals surface area contributed by atoms with Gasteiger partial charge in [0.1, 0.15) is 0 Å². The maximum Gasteiger partial charge on any atom is 0.0468 e. The van der Waals surface area contributed by atoms with Gasteiger partial charge in [-0.1, -0.05) is 251 Å². The topological polar surface area (TPSA) is 6.48 Å². The first-order chi connectivity index (χ1) is 38.7. The number of hydrogen-bond donors (Lipinski definition) is 0. The zero-order valence-electron chi connectivity index (χ0n) is 55.9. The minimum atomic E-state index is -0.0624. The van der Waals surface area contributed by atoms with Crippen LogP contribution in [0.4, 0.5) is 34.1 Å². The van der Waals surface area contributed by atoms with Gasteiger partial charge < -0.3 is 9.80 Å². The number of anilines is 6. The second kappa shape index (κ2) is 20.4. The first kappa shape index (κ1) is 60.2. The van der Waals surface area contributed by atoms with Gasteiger partial charge in [-0.2, -0.15) is 0 Å². The van der Waals surface area contributed by atoms with E-state index in [4.69, 9.17) is 0 Å². The number of benzene rings is 10. The van der Waals surface area contributed by atoms with Crippen LogP contribution in [0.3, 0.4) is 0 Å². The van der Waals surface area contributed by atoms with Gasteiger partial charge in [-0.3, -0.25) is 0 Å². The fraction of sp³-hybridized carbons (Fsp3) is 0.390. The number of nitrogens with zero attached hydrogens (tertiary/aromatic N) is 2. The molecular weight excluding hydrogens is 1010 g/mol. The van der Waals surface area contributed by atoms with E-state index in [9.17, 15) is 0 Å². The molecule has 84 heavy (non-hydrogen) atoms. The molecule has 10 aromatic rings. The Morgan fingerprint density at radius 2 is 0.369 bits per heavy atom. The predicted molar refractivity (Wildman–Crippen MR) is 373 cm³/mol. The highest BCUT2D eigenvalue weighted by Gasteiger charge is 2.31. The van der Waals surface area contributed by atoms with E-state index >= 15 is 0 Å². The van der Waals surface area contributed by atoms with E-state index < -0.39 is 0 Å². The number of rotatable bonds is 6. The lowest BCUT2D eigenvalue weighted by atomic mass is 9.79. The Morgan fingerprint density at radius 3 is 0.571 bits per heavy atom. The first-order valence-corrected chi connectivity index (χ1v) is 31.2. The molecule has 0 atom stereocenters. The SMILES string of the molecule is CC(C)(C)c1cc(N(c2cc(C(C)(C)C)cc(C(C)(C)C)c2)c2ccc3c(c2)c2ccccc2c2c4ccc(N(c5cc(C(C)(C)C)cc(C(C)(C)C)c5)c5cc(C(C)(C)C)cc(C(C)(C)C)c5)cc4c4ccccc4c32)cc(C(C)(C)C)c1. The summed E-state index contributed by atoms with van der Waals surface area (Å²) in [5, 5.41) is 12.6. The molecule has 0 heterocycles. The van der Waals surface area contributed by atoms with Crippen molar-refractivity contribution in [3.8, 4) is 0 Å². The molecule has 0 amide bonds. The smallest absolute Gasteiger partial charge is 0.0468 e. The Kier molecular flexibility index (Phi) is 14.6. The zero-order valence-corrected chi connectivity index (χ0v) is 55.9. The van der Waals surface area contributed by atoms with Gasteiger partial charge in [0.05, 0.1) is 0 Å². The lowest BCUT2D eigenvalue weighted by Crippen LogP contribution is -2.21. The Labute approximate surface area is 506 Å². The highest BCUT2D eigenvalue weighted by molar-refractivity contribution is 6.39. The fourth-order valence-electron chi connectivity index (χ4n) is 12.2. The molecule has 0 saturated carbocycles. The number of hydrogen-bond acceptors (Lipinski definition) is 2. The van der Waals surface area contributed by atoms with Crippen molar-refractivity contribution in [1.29, 1.82) is 0 Å². The third-order valence-electron chi connectivity index (χ3n) is 17.9. The van der Waals surface area contributed by atoms with E-state index in [2.05, 4.69) is 334 Å². The minimum Gasteiger partial charge on any atom is -0.310 e. The van der Waals surface area contributed by atoms with Crippen molar-refractivity contribution in [2.75, 3.05) is 9.80 Å². The summed E-state index contributed by atoms with van der Waals surface area (Å²) in [5.74, 6) is 0. The average Bonchev–Trinajstić information content (AvgIpc) is 0.779. The predicted octanol–water partition coefficient (Wildman–Crippen LogP) is 24.8. The molecule has 0 aliphatic carbocycles. The van der Waals surface area contributed by atoms with Crippen LogP contribution in [0, 0.1) is 0 Å². The van der Waals surface area contributed by atoms with Gasteiger partial charge in [-0.25, -0.2) is 0 Å². The van der Waals surface area contributed by atoms with Crippen molar-refractivity contribution in [3.05, 3.63) is 202 Å². The Morgan fingerprint density at radius 1 is 0.179 bits per heavy atom. The second-order valence-electron chi connectivity index (χ2n) is 33.0. The summed E-state index contributed by atoms with van der Waals surface area (Å²) < 4.78 is 0. The summed E-state index contributed by atoms with van der Waals surface area (Å²) in [6.45, 7) is 56.4. The monoisotopic (exact) mass is 1110 g/mol. The van der Waals surface area contributed by atoms with Crippen LogP contribution in [0.5, 0.6) is 0 Å². The Hall–Kier alpha value is -6.90. The third-order valence-corrected chi connectivity index (χ3v) is 17.9. The first-order valence-electron chi connectivity index (χ1n) is 31.2. The normalized spacial score (nSPS) is 13.5. The maximum atomic E-state index is 2.57. The van der Waals surface area contributed by atoms with E-state index in [1.165, 1.54) is 121 Å². The van der Waals surface area contributed by atoms with Gasteiger partial charge in [0.2, 0.25) is 0 Å². The molecule has 2 nitrogen and oxygen atoms in total. The molecule has 10 aromatic carbocycles. The molecule has 436 valence electrons. The van der Waals surface area contributed by atoms with Crippen molar-refractivity contribution in [2.24, 2.45) is 0 Å². The van der Waals surface area contributed by atoms with Crippen molar-refractivity contribution in [1.82, 2.24) is 0 Å². The molecule has 0 aliphatic rings. The summed E-state index contributed by atoms with van der Waals surface area (Å²) in [4.78, 5) is 5.14. The quantitative estimate of drug-likeness (QED) is 0.153. The van der Waals surface area contributed by atoms with E-state index in [0.29, 0.717) is 0 Å². The molecule has 0 saturated heterocycles. The average molecular weight is 1110 g/mol. The second-order valence-corrected chi connectivity index (χ2v) is 33.0. The van der Waals surface area contributed by atoms with Crippen molar-refractivity contribution in [2.45, 2.75) is 209 Å². The third kappa shape index (κ3) is 11.5. The van der Waals surface area contributed by atoms with E-state index in [-0.39, 0.29) is 43.3 Å². The van der Waals surface area contributed by atoms with Gasteiger partial charge in [0, 0.05) is 34.1 Å². The van der Waals surface area contributed by atoms with Crippen LogP contribution >= 0.6 is 0 Å². The minimum absolute atomic E-state index is 0.0624. The largest absolute Gasteiger partial charge is 0.310 e. The summed E-state index contributed by atoms with van der Waals surface area (Å²) in [6.07, 6.45) is 0. The fourth-order valence-corrected chi connectivity index (χ4v) is 12.2. The summed E-state index contributed by atoms with van der Waals surface area (Å²) in [7, 11) is 0. The van der Waals surface area contributed by atoms with E-state index in [0.717, 1.165) is 11.4 Å². The van der Waals surface area contributed by atoms with Crippen LogP contribution in [-0.2, 0) is 43.3 Å². The summed E-state index contributed by atoms with van der Waals surface area (Å²) >= 11 is 0. The van der Waals surface area contributed by atoms with Crippen LogP contribution in [-0.4, -0.2) is 0 Å². The van der Waals surface area contributed by atoms with Gasteiger partial charge >= 0.3 is 0 Å². The van der Waals surface area contributed by atoms with E-state index in [1.54, 1.807) is 0 Å². The zero-order chi connectivity index (χ0) is 61.4. The molecule has 0 bridgehead atoms. The van der Waals surface area contributed by atoms with Crippen LogP contribution in [0.1, 0.15) is 211 Å². The van der Waals surface area contributed by atoms with E-state index in [1.807, 2.05) is 0 Å². The standard InChI is InChI=1S/C82H98N2/c1-75(2,3)51-37-52(76(4,5)6)42-61(41-51)83(62-43-53(77(7,8)9)38-54(44-62)78(10,11)12)59-33-35-69-71(49-59)65-29-25-27-31-67(65)74-70-36-34-60(50-72(70)66-30-26-28-32-68(66)73(69)74)84(63-45-55(79(13,14)15)39-56(46-63)80(16,17)18)64-47-57(81(19,20)21)40-58(48-64)82(22,23)24/h25-50H,1-24H3. The van der Waals surface area contributed by atoms with Crippen molar-refractivity contribution >= 4 is 88.0 Å². The molecule has 0 fully saturated rings. The molecule has 0 unspecified atom stereocenters. The molecule has 0 spiro atoms. The maximum absolute atomic E-state index is 2.57. The Bertz CT molecular complexity index is 3640. The molecular formula is C82H98N2. The van der Waals surface area contributed by atoms with Crippen LogP contribution in [0.25, 0.3) is 53.9 Å². The lowest BCUT2D eigenvalue weighted by molar-refractivity contribution is 0.567. The van der Waals surface area contributed by atoms with Gasteiger partial charge in [-0.05, 0) is 214 Å². The molecule has 0 N–H and O–H groups in total. The molecule has 10 rings (SSSR count). The molecule has 0 aliphatic heterocycles.